The van der Waals surface area contributed by atoms with Crippen molar-refractivity contribution in [2.24, 2.45) is 5.10 Å². The van der Waals surface area contributed by atoms with E-state index in [1.54, 1.807) is 42.6 Å². The Labute approximate surface area is 657 Å². The van der Waals surface area contributed by atoms with E-state index in [-0.39, 0.29) is 35.0 Å². The second-order valence-electron chi connectivity index (χ2n) is 29.2. The first-order valence-corrected chi connectivity index (χ1v) is 38.3. The summed E-state index contributed by atoms with van der Waals surface area (Å²) in [4.78, 5) is 49.8. The number of para-hydroxylation sites is 4. The summed E-state index contributed by atoms with van der Waals surface area (Å²) in [7, 11) is 1.92. The van der Waals surface area contributed by atoms with Crippen LogP contribution in [-0.2, 0) is 4.79 Å². The van der Waals surface area contributed by atoms with Crippen molar-refractivity contribution in [1.29, 1.82) is 0 Å². The van der Waals surface area contributed by atoms with E-state index in [0.29, 0.717) is 94.4 Å². The number of carboxylic acid groups (broad SMARTS) is 1. The number of hydrazone groups is 1. The van der Waals surface area contributed by atoms with Crippen molar-refractivity contribution >= 4 is 85.3 Å². The number of nitrogens with one attached hydrogen (secondary N) is 9. The summed E-state index contributed by atoms with van der Waals surface area (Å²) in [5.41, 5.74) is 11.0. The van der Waals surface area contributed by atoms with Crippen LogP contribution in [0.2, 0.25) is 0 Å². The van der Waals surface area contributed by atoms with Gasteiger partial charge in [-0.1, -0.05) is 119 Å². The maximum atomic E-state index is 11.9. The highest BCUT2D eigenvalue weighted by Crippen LogP contribution is 2.39. The first-order valence-electron chi connectivity index (χ1n) is 38.3. The van der Waals surface area contributed by atoms with Gasteiger partial charge in [-0.2, -0.15) is 5.10 Å². The molecule has 0 aliphatic carbocycles. The van der Waals surface area contributed by atoms with E-state index < -0.39 is 11.5 Å². The minimum Gasteiger partial charge on any atom is -0.507 e. The molecule has 3 unspecified atom stereocenters. The zero-order valence-electron chi connectivity index (χ0n) is 63.1. The van der Waals surface area contributed by atoms with E-state index in [4.69, 9.17) is 29.9 Å². The molecule has 0 bridgehead atoms. The van der Waals surface area contributed by atoms with E-state index in [0.717, 1.165) is 135 Å². The van der Waals surface area contributed by atoms with Crippen molar-refractivity contribution in [2.45, 2.75) is 68.6 Å². The number of nitrogens with zero attached hydrogens (tertiary/aromatic N) is 11. The third-order valence-electron chi connectivity index (χ3n) is 21.2. The van der Waals surface area contributed by atoms with Crippen molar-refractivity contribution in [2.75, 3.05) is 80.7 Å². The molecule has 0 spiro atoms. The predicted molar refractivity (Wildman–Crippen MR) is 448 cm³/mol. The van der Waals surface area contributed by atoms with Gasteiger partial charge in [0.2, 0.25) is 0 Å². The molecule has 0 radical (unpaired) electrons. The van der Waals surface area contributed by atoms with Gasteiger partial charge in [0, 0.05) is 90.1 Å². The first-order chi connectivity index (χ1) is 55.6. The fraction of sp³-hybridized carbons (Fsp3) is 0.227. The summed E-state index contributed by atoms with van der Waals surface area (Å²) in [6.45, 7) is 10.5. The molecule has 26 nitrogen and oxygen atoms in total. The third-order valence-corrected chi connectivity index (χ3v) is 21.2. The number of fused-ring (bicyclic) bond motifs is 4. The minimum atomic E-state index is -1.12. The number of carboxylic acids is 1. The maximum absolute atomic E-state index is 11.9. The zero-order valence-corrected chi connectivity index (χ0v) is 63.1. The summed E-state index contributed by atoms with van der Waals surface area (Å²) < 4.78 is 1.82. The number of aryl methyl sites for hydroxylation is 2. The molecule has 14 N–H and O–H groups in total. The van der Waals surface area contributed by atoms with E-state index in [1.165, 1.54) is 5.56 Å². The van der Waals surface area contributed by atoms with Gasteiger partial charge in [-0.05, 0) is 172 Å². The third kappa shape index (κ3) is 16.5. The lowest BCUT2D eigenvalue weighted by molar-refractivity contribution is -0.494. The van der Waals surface area contributed by atoms with Crippen LogP contribution in [0.1, 0.15) is 53.4 Å². The quantitative estimate of drug-likeness (QED) is 0.0400. The number of aromatic hydroxyl groups is 4. The number of hydrogen-bond donors (Lipinski definition) is 14. The van der Waals surface area contributed by atoms with Crippen LogP contribution < -0.4 is 42.5 Å². The Kier molecular flexibility index (Phi) is 21.8. The van der Waals surface area contributed by atoms with Gasteiger partial charge in [-0.15, -0.1) is 0 Å². The Morgan fingerprint density at radius 3 is 1.53 bits per heavy atom. The molecule has 114 heavy (non-hydrogen) atoms. The molecule has 5 aromatic heterocycles. The van der Waals surface area contributed by atoms with Crippen LogP contribution in [0.25, 0.3) is 100 Å². The van der Waals surface area contributed by atoms with Crippen LogP contribution in [0.4, 0.5) is 23.3 Å². The average molecular weight is 1520 g/mol. The Bertz CT molecular complexity index is 5910. The van der Waals surface area contributed by atoms with Crippen LogP contribution in [-0.4, -0.2) is 182 Å². The fourth-order valence-corrected chi connectivity index (χ4v) is 15.0. The highest BCUT2D eigenvalue weighted by Gasteiger charge is 2.42. The number of anilines is 4. The number of aliphatic carboxylic acids is 1. The van der Waals surface area contributed by atoms with Crippen LogP contribution >= 0.6 is 0 Å². The molecular formula is C88H87N20O6+. The number of rotatable bonds is 16. The highest BCUT2D eigenvalue weighted by molar-refractivity contribution is 5.98. The number of phenolic OH excluding ortho intramolecular Hbond substituents is 4. The molecule has 5 aliphatic rings. The van der Waals surface area contributed by atoms with Crippen molar-refractivity contribution < 1.29 is 35.0 Å². The molecule has 19 rings (SSSR count). The average Bonchev–Trinajstić information content (AvgIpc) is 1.01. The summed E-state index contributed by atoms with van der Waals surface area (Å²) in [5.74, 6) is 4.90. The lowest BCUT2D eigenvalue weighted by Gasteiger charge is -2.26. The van der Waals surface area contributed by atoms with Crippen molar-refractivity contribution in [3.8, 4) is 79.7 Å². The number of H-pyrrole nitrogens is 1. The second-order valence-corrected chi connectivity index (χ2v) is 29.2. The van der Waals surface area contributed by atoms with Crippen LogP contribution in [0.15, 0.2) is 218 Å². The molecular weight excluding hydrogens is 1430 g/mol. The molecule has 5 aliphatic heterocycles. The number of phenols is 4. The molecule has 10 heterocycles. The molecule has 4 saturated heterocycles. The van der Waals surface area contributed by atoms with Crippen LogP contribution in [0.3, 0.4) is 0 Å². The van der Waals surface area contributed by atoms with Gasteiger partial charge in [-0.25, -0.2) is 44.7 Å². The first kappa shape index (κ1) is 74.7. The van der Waals surface area contributed by atoms with Gasteiger partial charge in [-0.3, -0.25) is 5.10 Å². The van der Waals surface area contributed by atoms with Crippen LogP contribution in [0, 0.1) is 13.8 Å². The molecule has 0 saturated carbocycles. The molecule has 574 valence electrons. The van der Waals surface area contributed by atoms with Gasteiger partial charge in [0.15, 0.2) is 42.1 Å². The number of aromatic nitrogens is 10. The van der Waals surface area contributed by atoms with Gasteiger partial charge < -0.3 is 68.1 Å². The van der Waals surface area contributed by atoms with E-state index in [1.807, 2.05) is 159 Å². The Hall–Kier alpha value is -13.4. The van der Waals surface area contributed by atoms with Crippen molar-refractivity contribution in [3.05, 3.63) is 235 Å². The van der Waals surface area contributed by atoms with Gasteiger partial charge >= 0.3 is 5.97 Å². The van der Waals surface area contributed by atoms with E-state index in [9.17, 15) is 30.3 Å². The smallest absolute Gasteiger partial charge is 0.330 e. The topological polar surface area (TPSA) is 362 Å². The van der Waals surface area contributed by atoms with Gasteiger partial charge in [0.05, 0.1) is 56.7 Å². The number of carbonyl (C=O) groups is 1. The highest BCUT2D eigenvalue weighted by atomic mass is 16.4. The lowest BCUT2D eigenvalue weighted by atomic mass is 9.94. The monoisotopic (exact) mass is 1520 g/mol. The largest absolute Gasteiger partial charge is 0.507 e. The standard InChI is InChI=1S/C25H24N4O.C22H22N6O.C21H20N6O.C20H20N4O3/c1-16-11-12-23(30)19(13-16)25-27-21-10-6-5-9-18(21)24(29-25)28-22-15-26-14-20(22)17-7-3-2-4-8-17;1-28-13-15(11-24-28)14-6-7-17-19(10-14)26-22(18-4-2-3-5-20(18)29)27-21(17)25-16-8-9-23-12-16;28-19-4-2-1-3-17(19)21-26-18-9-13(14-10-23-24-11-14)5-6-16(18)20(27-21)25-15-7-8-22-12-15;1-12-6-7-16(25)14(10-12)17-22-15-5-3-2-4-13(15)18(23-17)24-20(19(26)27)8-9-21-11-20/h2-13,20,22,26,30H,14-15H2,1H3,(H,27,28,29);2-7,10-11,13,15-16,23H,8-9,12H2,1H3,(H-,25,26,27,29);1-6,9-11,15,22,28H,7-8,12H2,(H,23,24)(H,25,26,27);2-7,10,21,25H,8-9,11H2,1H3,(H,26,27)(H,22,23,24)/p+1/t20-,22?;15?,16-;15-;/m000./s1. The second kappa shape index (κ2) is 33.3. The van der Waals surface area contributed by atoms with E-state index in [2.05, 4.69) is 116 Å². The van der Waals surface area contributed by atoms with Crippen molar-refractivity contribution in [3.63, 3.8) is 0 Å². The Balaban J connectivity index is 0.000000115. The molecule has 9 aromatic carbocycles. The SMILES string of the molecule is C[N+]1=CC(c2ccc3c(N[C@H]4CCNC4)nc(-c4ccccc4O)nc3c2)C=N1.Cc1ccc(O)c(-c2nc(NC3(C(=O)O)CCNC3)c3ccccc3n2)c1.Cc1ccc(O)c(-c2nc(NC3CNC[C@H]3c3ccccc3)c3ccccc3n2)c1.Oc1ccccc1-c1nc(N[C@H]2CCNC2)c2ccc(-c3cn[nH]c3)cc2n1. The maximum Gasteiger partial charge on any atom is 0.330 e. The molecule has 26 heteroatoms. The Morgan fingerprint density at radius 1 is 0.465 bits per heavy atom. The predicted octanol–water partition coefficient (Wildman–Crippen LogP) is 12.8. The Morgan fingerprint density at radius 2 is 0.982 bits per heavy atom. The fourth-order valence-electron chi connectivity index (χ4n) is 15.0. The number of aromatic amines is 1. The minimum absolute atomic E-state index is 0.0808. The van der Waals surface area contributed by atoms with Gasteiger partial charge in [0.25, 0.3) is 0 Å². The summed E-state index contributed by atoms with van der Waals surface area (Å²) in [5, 5.41) is 93.2. The molecule has 6 atom stereocenters. The normalized spacial score (nSPS) is 18.8. The lowest BCUT2D eigenvalue weighted by Crippen LogP contribution is -2.48. The summed E-state index contributed by atoms with van der Waals surface area (Å²) >= 11 is 0. The zero-order chi connectivity index (χ0) is 78.2. The van der Waals surface area contributed by atoms with E-state index >= 15 is 0 Å². The number of benzene rings is 9. The summed E-state index contributed by atoms with van der Waals surface area (Å²) in [6, 6.07) is 64.3. The summed E-state index contributed by atoms with van der Waals surface area (Å²) in [6.07, 6.45) is 10.2. The van der Waals surface area contributed by atoms with Crippen LogP contribution in [0.5, 0.6) is 23.0 Å². The van der Waals surface area contributed by atoms with Crippen molar-refractivity contribution in [1.82, 2.24) is 71.3 Å². The molecule has 4 fully saturated rings. The molecule has 14 aromatic rings. The van der Waals surface area contributed by atoms with Gasteiger partial charge in [0.1, 0.15) is 52.2 Å². The number of hydrogen-bond acceptors (Lipinski definition) is 23. The molecule has 0 amide bonds.